The van der Waals surface area contributed by atoms with Gasteiger partial charge >= 0.3 is 24.0 Å². The highest BCUT2D eigenvalue weighted by Gasteiger charge is 2.51. The maximum Gasteiger partial charge on any atom is 0.408 e. The molecule has 0 saturated carbocycles. The third kappa shape index (κ3) is 15.4. The summed E-state index contributed by atoms with van der Waals surface area (Å²) in [6, 6.07) is 15.7. The van der Waals surface area contributed by atoms with Gasteiger partial charge in [0.25, 0.3) is 0 Å². The number of hydrogen-bond donors (Lipinski definition) is 5. The Bertz CT molecular complexity index is 1870. The molecule has 0 bridgehead atoms. The van der Waals surface area contributed by atoms with E-state index in [1.807, 2.05) is 49.9 Å². The fraction of sp³-hybridized carbons (Fsp3) is 0.680. The van der Waals surface area contributed by atoms with Crippen molar-refractivity contribution in [2.24, 2.45) is 17.8 Å². The van der Waals surface area contributed by atoms with Crippen LogP contribution in [0.4, 0.5) is 4.79 Å². The summed E-state index contributed by atoms with van der Waals surface area (Å²) >= 11 is 0. The van der Waals surface area contributed by atoms with Crippen LogP contribution in [-0.4, -0.2) is 154 Å². The summed E-state index contributed by atoms with van der Waals surface area (Å²) in [5.74, 6) is -4.70. The Morgan fingerprint density at radius 2 is 1.51 bits per heavy atom. The number of nitrogens with one attached hydrogen (secondary N) is 1. The standard InChI is InChI=1S/C50H77N3O14/c1-12-39-50(8,61)43(56)34(6)53(11)27-30(2)26-49(7,60)44(32(4)41(55)33(5)45(57)65-39)67-47-42(38(52(9)10)25-31(3)64-47)66-40(54)24-23-37(46(58)62-28-35-19-15-13-16-20-35)51-48(59)63-29-36-21-17-14-18-22-36/h13-22,30-34,37-39,41-44,47,55-56,60-61H,12,23-29H2,1-11H3,(H,51,59)/t30-,31-,32+,33-,34-,37-,38+,39-,41+,42-,43-,44-,47+,49-,50-/m1/s1. The van der Waals surface area contributed by atoms with Crippen LogP contribution < -0.4 is 5.32 Å². The summed E-state index contributed by atoms with van der Waals surface area (Å²) in [4.78, 5) is 57.9. The molecular weight excluding hydrogens is 867 g/mol. The first-order valence-electron chi connectivity index (χ1n) is 23.5. The smallest absolute Gasteiger partial charge is 0.408 e. The first kappa shape index (κ1) is 55.4. The van der Waals surface area contributed by atoms with Crippen molar-refractivity contribution in [1.29, 1.82) is 0 Å². The molecule has 1 amide bonds. The number of amides is 1. The highest BCUT2D eigenvalue weighted by molar-refractivity contribution is 5.82. The molecule has 376 valence electrons. The van der Waals surface area contributed by atoms with Gasteiger partial charge in [0, 0.05) is 24.9 Å². The minimum atomic E-state index is -1.84. The molecule has 17 nitrogen and oxygen atoms in total. The Kier molecular flexibility index (Phi) is 20.6. The highest BCUT2D eigenvalue weighted by Crippen LogP contribution is 2.37. The van der Waals surface area contributed by atoms with Crippen LogP contribution >= 0.6 is 0 Å². The molecule has 2 saturated heterocycles. The van der Waals surface area contributed by atoms with Crippen molar-refractivity contribution in [1.82, 2.24) is 15.1 Å². The molecule has 2 heterocycles. The number of nitrogens with zero attached hydrogens (tertiary/aromatic N) is 2. The molecule has 17 heteroatoms. The van der Waals surface area contributed by atoms with Gasteiger partial charge in [-0.3, -0.25) is 9.59 Å². The van der Waals surface area contributed by atoms with Gasteiger partial charge in [-0.15, -0.1) is 0 Å². The number of alkyl carbamates (subject to hydrolysis) is 1. The lowest BCUT2D eigenvalue weighted by Gasteiger charge is -2.47. The number of benzene rings is 2. The molecule has 67 heavy (non-hydrogen) atoms. The van der Waals surface area contributed by atoms with Crippen LogP contribution in [0.1, 0.15) is 98.6 Å². The molecule has 0 spiro atoms. The van der Waals surface area contributed by atoms with Crippen LogP contribution in [0, 0.1) is 17.8 Å². The van der Waals surface area contributed by atoms with E-state index in [0.29, 0.717) is 13.0 Å². The Morgan fingerprint density at radius 1 is 0.925 bits per heavy atom. The predicted molar refractivity (Wildman–Crippen MR) is 248 cm³/mol. The molecule has 2 aromatic carbocycles. The molecule has 0 unspecified atom stereocenters. The summed E-state index contributed by atoms with van der Waals surface area (Å²) in [5.41, 5.74) is -2.07. The van der Waals surface area contributed by atoms with Gasteiger partial charge in [0.05, 0.1) is 35.9 Å². The molecule has 0 aliphatic carbocycles. The largest absolute Gasteiger partial charge is 0.459 e. The SMILES string of the molecule is CC[C@H]1OC(=O)[C@H](C)[C@@H](O)[C@H](C)[C@@H](O[C@@H]2O[C@H](C)C[C@H](N(C)C)[C@H]2OC(=O)CC[C@@H](NC(=O)OCc2ccccc2)C(=O)OCc2ccccc2)[C@](C)(O)C[C@@H](C)CN(C)[C@H](C)[C@@H](O)[C@]1(C)O. The quantitative estimate of drug-likeness (QED) is 0.131. The second-order valence-electron chi connectivity index (χ2n) is 19.5. The third-order valence-corrected chi connectivity index (χ3v) is 13.4. The third-order valence-electron chi connectivity index (χ3n) is 13.4. The van der Waals surface area contributed by atoms with E-state index >= 15 is 0 Å². The number of ether oxygens (including phenoxy) is 6. The molecule has 0 aromatic heterocycles. The first-order chi connectivity index (χ1) is 31.5. The molecule has 2 aromatic rings. The number of likely N-dealkylation sites (N-methyl/N-ethyl adjacent to an activating group) is 2. The van der Waals surface area contributed by atoms with Gasteiger partial charge in [0.2, 0.25) is 0 Å². The van der Waals surface area contributed by atoms with Gasteiger partial charge < -0.3 is 64.0 Å². The molecule has 5 N–H and O–H groups in total. The topological polar surface area (TPSA) is 223 Å². The van der Waals surface area contributed by atoms with E-state index < -0.39 is 108 Å². The van der Waals surface area contributed by atoms with Crippen molar-refractivity contribution in [3.8, 4) is 0 Å². The minimum absolute atomic E-state index is 0.0533. The lowest BCUT2D eigenvalue weighted by Crippen LogP contribution is -2.60. The van der Waals surface area contributed by atoms with E-state index in [1.165, 1.54) is 13.8 Å². The van der Waals surface area contributed by atoms with Gasteiger partial charge in [0.1, 0.15) is 37.1 Å². The van der Waals surface area contributed by atoms with Crippen molar-refractivity contribution in [2.45, 2.75) is 173 Å². The summed E-state index contributed by atoms with van der Waals surface area (Å²) < 4.78 is 36.1. The van der Waals surface area contributed by atoms with E-state index in [4.69, 9.17) is 28.4 Å². The van der Waals surface area contributed by atoms with Gasteiger partial charge in [-0.05, 0) is 98.5 Å². The number of aliphatic hydroxyl groups excluding tert-OH is 2. The molecule has 15 atom stereocenters. The number of rotatable bonds is 14. The maximum atomic E-state index is 14.0. The van der Waals surface area contributed by atoms with Crippen LogP contribution in [0.15, 0.2) is 60.7 Å². The van der Waals surface area contributed by atoms with Crippen LogP contribution in [0.2, 0.25) is 0 Å². The van der Waals surface area contributed by atoms with Crippen molar-refractivity contribution in [3.63, 3.8) is 0 Å². The van der Waals surface area contributed by atoms with Crippen LogP contribution in [0.5, 0.6) is 0 Å². The molecule has 0 radical (unpaired) electrons. The van der Waals surface area contributed by atoms with Gasteiger partial charge in [-0.1, -0.05) is 81.4 Å². The number of esters is 3. The molecule has 4 rings (SSSR count). The van der Waals surface area contributed by atoms with Gasteiger partial charge in [-0.25, -0.2) is 9.59 Å². The maximum absolute atomic E-state index is 14.0. The first-order valence-corrected chi connectivity index (χ1v) is 23.5. The number of carbonyl (C=O) groups excluding carboxylic acids is 4. The number of carbonyl (C=O) groups is 4. The fourth-order valence-corrected chi connectivity index (χ4v) is 9.31. The zero-order chi connectivity index (χ0) is 49.8. The number of cyclic esters (lactones) is 1. The second kappa shape index (κ2) is 24.9. The molecule has 2 aliphatic heterocycles. The highest BCUT2D eigenvalue weighted by atomic mass is 16.7. The Hall–Kier alpha value is -4.20. The van der Waals surface area contributed by atoms with E-state index in [0.717, 1.165) is 11.1 Å². The fourth-order valence-electron chi connectivity index (χ4n) is 9.31. The zero-order valence-electron chi connectivity index (χ0n) is 41.2. The minimum Gasteiger partial charge on any atom is -0.459 e. The van der Waals surface area contributed by atoms with Crippen LogP contribution in [0.25, 0.3) is 0 Å². The normalized spacial score (nSPS) is 34.2. The summed E-state index contributed by atoms with van der Waals surface area (Å²) in [5, 5.41) is 49.9. The Morgan fingerprint density at radius 3 is 2.07 bits per heavy atom. The number of hydrogen-bond acceptors (Lipinski definition) is 16. The number of aliphatic hydroxyl groups is 4. The lowest BCUT2D eigenvalue weighted by atomic mass is 9.78. The van der Waals surface area contributed by atoms with Gasteiger partial charge in [-0.2, -0.15) is 0 Å². The average molecular weight is 944 g/mol. The predicted octanol–water partition coefficient (Wildman–Crippen LogP) is 4.35. The van der Waals surface area contributed by atoms with E-state index in [-0.39, 0.29) is 44.8 Å². The van der Waals surface area contributed by atoms with Gasteiger partial charge in [0.15, 0.2) is 12.4 Å². The molecular formula is C50H77N3O14. The van der Waals surface area contributed by atoms with Crippen LogP contribution in [-0.2, 0) is 56.0 Å². The Labute approximate surface area is 396 Å². The van der Waals surface area contributed by atoms with E-state index in [2.05, 4.69) is 5.32 Å². The van der Waals surface area contributed by atoms with Crippen molar-refractivity contribution < 1.29 is 68.0 Å². The summed E-state index contributed by atoms with van der Waals surface area (Å²) in [6.07, 6.45) is -8.61. The van der Waals surface area contributed by atoms with Crippen LogP contribution in [0.3, 0.4) is 0 Å². The monoisotopic (exact) mass is 944 g/mol. The molecule has 2 fully saturated rings. The summed E-state index contributed by atoms with van der Waals surface area (Å²) in [7, 11) is 5.44. The molecule has 2 aliphatic rings. The zero-order valence-corrected chi connectivity index (χ0v) is 41.2. The van der Waals surface area contributed by atoms with E-state index in [9.17, 15) is 39.6 Å². The Balaban J connectivity index is 1.61. The van der Waals surface area contributed by atoms with Crippen molar-refractivity contribution in [2.75, 3.05) is 27.7 Å². The van der Waals surface area contributed by atoms with Crippen molar-refractivity contribution >= 4 is 24.0 Å². The van der Waals surface area contributed by atoms with E-state index in [1.54, 1.807) is 83.3 Å². The lowest BCUT2D eigenvalue weighted by molar-refractivity contribution is -0.301. The van der Waals surface area contributed by atoms with Crippen molar-refractivity contribution in [3.05, 3.63) is 71.8 Å². The summed E-state index contributed by atoms with van der Waals surface area (Å²) in [6.45, 7) is 13.7. The second-order valence-corrected chi connectivity index (χ2v) is 19.5. The average Bonchev–Trinajstić information content (AvgIpc) is 3.28.